The molecular weight excluding hydrogens is 307 g/mol. The minimum Gasteiger partial charge on any atom is -0.345 e. The molecule has 17 heavy (non-hydrogen) atoms. The molecule has 2 aromatic rings. The summed E-state index contributed by atoms with van der Waals surface area (Å²) in [7, 11) is 0. The number of nitrogens with zero attached hydrogens (tertiary/aromatic N) is 2. The van der Waals surface area contributed by atoms with Crippen LogP contribution in [0.25, 0.3) is 0 Å². The molecule has 88 valence electrons. The molecule has 5 nitrogen and oxygen atoms in total. The molecule has 0 radical (unpaired) electrons. The van der Waals surface area contributed by atoms with Crippen LogP contribution >= 0.6 is 27.5 Å². The Kier molecular flexibility index (Phi) is 3.75. The minimum absolute atomic E-state index is 0.218. The summed E-state index contributed by atoms with van der Waals surface area (Å²) in [6, 6.07) is 5.01. The molecule has 1 amide bonds. The van der Waals surface area contributed by atoms with Crippen molar-refractivity contribution in [2.75, 3.05) is 0 Å². The Balaban J connectivity index is 2.04. The highest BCUT2D eigenvalue weighted by molar-refractivity contribution is 9.10. The van der Waals surface area contributed by atoms with Crippen molar-refractivity contribution in [1.29, 1.82) is 0 Å². The molecule has 0 saturated heterocycles. The molecule has 0 fully saturated rings. The van der Waals surface area contributed by atoms with Crippen molar-refractivity contribution in [2.24, 2.45) is 0 Å². The van der Waals surface area contributed by atoms with Gasteiger partial charge in [-0.15, -0.1) is 0 Å². The maximum atomic E-state index is 11.8. The van der Waals surface area contributed by atoms with E-state index in [2.05, 4.69) is 36.4 Å². The Bertz CT molecular complexity index is 509. The van der Waals surface area contributed by atoms with E-state index in [1.807, 2.05) is 0 Å². The zero-order valence-electron chi connectivity index (χ0n) is 8.58. The highest BCUT2D eigenvalue weighted by Crippen LogP contribution is 2.19. The van der Waals surface area contributed by atoms with Gasteiger partial charge in [-0.05, 0) is 18.2 Å². The summed E-state index contributed by atoms with van der Waals surface area (Å²) in [5, 5.41) is 9.55. The van der Waals surface area contributed by atoms with Crippen LogP contribution in [0, 0.1) is 0 Å². The standard InChI is InChI=1S/C10H8BrClN4O/c11-7-1-6(2-8(12)3-7)10(17)13-4-9-14-5-15-16-9/h1-3,5H,4H2,(H,13,17)(H,14,15,16). The number of carbonyl (C=O) groups is 1. The molecule has 7 heteroatoms. The van der Waals surface area contributed by atoms with Crippen molar-refractivity contribution in [2.45, 2.75) is 6.54 Å². The number of aromatic nitrogens is 3. The second-order valence-electron chi connectivity index (χ2n) is 3.27. The third-order valence-corrected chi connectivity index (χ3v) is 2.68. The second kappa shape index (κ2) is 5.29. The quantitative estimate of drug-likeness (QED) is 0.911. The minimum atomic E-state index is -0.218. The van der Waals surface area contributed by atoms with Gasteiger partial charge < -0.3 is 5.32 Å². The average molecular weight is 316 g/mol. The van der Waals surface area contributed by atoms with Crippen LogP contribution < -0.4 is 5.32 Å². The van der Waals surface area contributed by atoms with Crippen LogP contribution in [-0.4, -0.2) is 21.1 Å². The summed E-state index contributed by atoms with van der Waals surface area (Å²) in [4.78, 5) is 15.7. The van der Waals surface area contributed by atoms with Crippen LogP contribution in [0.3, 0.4) is 0 Å². The van der Waals surface area contributed by atoms with Crippen molar-refractivity contribution < 1.29 is 4.79 Å². The molecule has 1 aromatic carbocycles. The van der Waals surface area contributed by atoms with E-state index in [4.69, 9.17) is 11.6 Å². The number of H-pyrrole nitrogens is 1. The van der Waals surface area contributed by atoms with Crippen LogP contribution in [0.1, 0.15) is 16.2 Å². The first-order valence-electron chi connectivity index (χ1n) is 4.73. The van der Waals surface area contributed by atoms with E-state index in [1.165, 1.54) is 6.33 Å². The van der Waals surface area contributed by atoms with E-state index >= 15 is 0 Å². The second-order valence-corrected chi connectivity index (χ2v) is 4.63. The predicted octanol–water partition coefficient (Wildman–Crippen LogP) is 2.15. The summed E-state index contributed by atoms with van der Waals surface area (Å²) in [5.74, 6) is 0.379. The van der Waals surface area contributed by atoms with Gasteiger partial charge in [0.15, 0.2) is 0 Å². The van der Waals surface area contributed by atoms with E-state index < -0.39 is 0 Å². The van der Waals surface area contributed by atoms with Gasteiger partial charge in [-0.25, -0.2) is 4.98 Å². The zero-order valence-corrected chi connectivity index (χ0v) is 10.9. The number of nitrogens with one attached hydrogen (secondary N) is 2. The molecule has 2 N–H and O–H groups in total. The first kappa shape index (κ1) is 12.1. The zero-order chi connectivity index (χ0) is 12.3. The molecule has 0 aliphatic carbocycles. The van der Waals surface area contributed by atoms with Gasteiger partial charge in [-0.2, -0.15) is 5.10 Å². The molecule has 1 aromatic heterocycles. The smallest absolute Gasteiger partial charge is 0.251 e. The molecule has 1 heterocycles. The molecule has 0 spiro atoms. The third-order valence-electron chi connectivity index (χ3n) is 2.01. The summed E-state index contributed by atoms with van der Waals surface area (Å²) < 4.78 is 0.759. The highest BCUT2D eigenvalue weighted by atomic mass is 79.9. The number of hydrogen-bond acceptors (Lipinski definition) is 3. The van der Waals surface area contributed by atoms with E-state index in [-0.39, 0.29) is 5.91 Å². The first-order valence-corrected chi connectivity index (χ1v) is 5.91. The van der Waals surface area contributed by atoms with Crippen molar-refractivity contribution in [1.82, 2.24) is 20.5 Å². The van der Waals surface area contributed by atoms with Gasteiger partial charge in [0.1, 0.15) is 12.2 Å². The van der Waals surface area contributed by atoms with E-state index in [0.29, 0.717) is 23.0 Å². The number of halogens is 2. The molecule has 0 unspecified atom stereocenters. The van der Waals surface area contributed by atoms with Crippen molar-refractivity contribution >= 4 is 33.4 Å². The van der Waals surface area contributed by atoms with Gasteiger partial charge in [-0.1, -0.05) is 27.5 Å². The molecule has 0 atom stereocenters. The summed E-state index contributed by atoms with van der Waals surface area (Å²) in [6.07, 6.45) is 1.39. The lowest BCUT2D eigenvalue weighted by atomic mass is 10.2. The molecule has 0 aliphatic rings. The van der Waals surface area contributed by atoms with Crippen LogP contribution in [0.2, 0.25) is 5.02 Å². The Hall–Kier alpha value is -1.40. The fraction of sp³-hybridized carbons (Fsp3) is 0.100. The van der Waals surface area contributed by atoms with E-state index in [1.54, 1.807) is 18.2 Å². The average Bonchev–Trinajstić information content (AvgIpc) is 2.77. The van der Waals surface area contributed by atoms with Gasteiger partial charge in [0.05, 0.1) is 6.54 Å². The van der Waals surface area contributed by atoms with Gasteiger partial charge in [0.25, 0.3) is 5.91 Å². The van der Waals surface area contributed by atoms with Crippen LogP contribution in [0.15, 0.2) is 29.0 Å². The highest BCUT2D eigenvalue weighted by Gasteiger charge is 2.08. The number of rotatable bonds is 3. The molecular formula is C10H8BrClN4O. The number of hydrogen-bond donors (Lipinski definition) is 2. The Labute approximate surface area is 111 Å². The number of aromatic amines is 1. The SMILES string of the molecule is O=C(NCc1ncn[nH]1)c1cc(Cl)cc(Br)c1. The third kappa shape index (κ3) is 3.28. The number of carbonyl (C=O) groups excluding carboxylic acids is 1. The van der Waals surface area contributed by atoms with E-state index in [0.717, 1.165) is 4.47 Å². The lowest BCUT2D eigenvalue weighted by Gasteiger charge is -2.04. The number of amides is 1. The number of benzene rings is 1. The van der Waals surface area contributed by atoms with Crippen molar-refractivity contribution in [3.63, 3.8) is 0 Å². The van der Waals surface area contributed by atoms with E-state index in [9.17, 15) is 4.79 Å². The van der Waals surface area contributed by atoms with Gasteiger partial charge in [0.2, 0.25) is 0 Å². The largest absolute Gasteiger partial charge is 0.345 e. The summed E-state index contributed by atoms with van der Waals surface area (Å²) in [6.45, 7) is 0.295. The van der Waals surface area contributed by atoms with Gasteiger partial charge in [-0.3, -0.25) is 9.89 Å². The topological polar surface area (TPSA) is 70.7 Å². The molecule has 0 saturated carbocycles. The van der Waals surface area contributed by atoms with Crippen molar-refractivity contribution in [3.05, 3.63) is 45.4 Å². The van der Waals surface area contributed by atoms with Gasteiger partial charge >= 0.3 is 0 Å². The van der Waals surface area contributed by atoms with Crippen LogP contribution in [0.5, 0.6) is 0 Å². The molecule has 0 aliphatic heterocycles. The summed E-state index contributed by atoms with van der Waals surface area (Å²) >= 11 is 9.13. The first-order chi connectivity index (χ1) is 8.15. The molecule has 0 bridgehead atoms. The fourth-order valence-electron chi connectivity index (χ4n) is 1.27. The van der Waals surface area contributed by atoms with Crippen molar-refractivity contribution in [3.8, 4) is 0 Å². The normalized spacial score (nSPS) is 10.2. The van der Waals surface area contributed by atoms with Gasteiger partial charge in [0, 0.05) is 15.1 Å². The van der Waals surface area contributed by atoms with Crippen LogP contribution in [0.4, 0.5) is 0 Å². The predicted molar refractivity (Wildman–Crippen MR) is 66.7 cm³/mol. The lowest BCUT2D eigenvalue weighted by molar-refractivity contribution is 0.0950. The lowest BCUT2D eigenvalue weighted by Crippen LogP contribution is -2.23. The Morgan fingerprint density at radius 2 is 2.29 bits per heavy atom. The maximum absolute atomic E-state index is 11.8. The summed E-state index contributed by atoms with van der Waals surface area (Å²) in [5.41, 5.74) is 0.490. The Morgan fingerprint density at radius 1 is 1.47 bits per heavy atom. The van der Waals surface area contributed by atoms with Crippen LogP contribution in [-0.2, 0) is 6.54 Å². The Morgan fingerprint density at radius 3 is 2.94 bits per heavy atom. The monoisotopic (exact) mass is 314 g/mol. The fourth-order valence-corrected chi connectivity index (χ4v) is 2.13. The molecule has 2 rings (SSSR count). The maximum Gasteiger partial charge on any atom is 0.251 e.